The van der Waals surface area contributed by atoms with Crippen LogP contribution < -0.4 is 23.7 Å². The van der Waals surface area contributed by atoms with Crippen molar-refractivity contribution < 1.29 is 68.5 Å². The summed E-state index contributed by atoms with van der Waals surface area (Å²) in [5.41, 5.74) is 4.64. The summed E-state index contributed by atoms with van der Waals surface area (Å²) in [6.07, 6.45) is 0. The van der Waals surface area contributed by atoms with Gasteiger partial charge in [-0.25, -0.2) is 17.9 Å². The lowest BCUT2D eigenvalue weighted by Gasteiger charge is -2.08. The molecule has 63 heavy (non-hydrogen) atoms. The lowest BCUT2D eigenvalue weighted by Crippen LogP contribution is -2.30. The maximum Gasteiger partial charge on any atom is 0.387 e. The van der Waals surface area contributed by atoms with Crippen LogP contribution in [0.5, 0.6) is 23.0 Å². The summed E-state index contributed by atoms with van der Waals surface area (Å²) in [6.45, 7) is -2.13. The van der Waals surface area contributed by atoms with E-state index in [4.69, 9.17) is 23.4 Å². The van der Waals surface area contributed by atoms with Crippen LogP contribution >= 0.6 is 0 Å². The zero-order chi connectivity index (χ0) is 45.1. The van der Waals surface area contributed by atoms with Gasteiger partial charge in [0.05, 0.1) is 4.90 Å². The number of amides is 1. The number of hydrogen-bond donors (Lipinski definition) is 2. The highest BCUT2D eigenvalue weighted by atomic mass is 32.2. The van der Waals surface area contributed by atoms with Gasteiger partial charge in [-0.05, 0) is 109 Å². The van der Waals surface area contributed by atoms with E-state index in [1.165, 1.54) is 48.5 Å². The molecule has 5 aromatic carbocycles. The summed E-state index contributed by atoms with van der Waals surface area (Å²) in [4.78, 5) is 23.3. The van der Waals surface area contributed by atoms with Gasteiger partial charge >= 0.3 is 25.1 Å². The molecular weight excluding hydrogens is 851 g/mol. The van der Waals surface area contributed by atoms with Gasteiger partial charge in [0.2, 0.25) is 5.76 Å². The van der Waals surface area contributed by atoms with Crippen LogP contribution in [0, 0.1) is 13.8 Å². The first-order valence-electron chi connectivity index (χ1n) is 18.7. The second-order valence-corrected chi connectivity index (χ2v) is 15.1. The molecular formula is C46H37F4NO11S. The quantitative estimate of drug-likeness (QED) is 0.0888. The first kappa shape index (κ1) is 45.0. The number of furan rings is 2. The highest BCUT2D eigenvalue weighted by molar-refractivity contribution is 7.90. The van der Waals surface area contributed by atoms with Crippen molar-refractivity contribution in [2.45, 2.75) is 45.2 Å². The van der Waals surface area contributed by atoms with Crippen LogP contribution in [0.3, 0.4) is 0 Å². The highest BCUT2D eigenvalue weighted by Gasteiger charge is 2.22. The van der Waals surface area contributed by atoms with Crippen LogP contribution in [-0.2, 0) is 23.2 Å². The molecule has 17 heteroatoms. The predicted octanol–water partition coefficient (Wildman–Crippen LogP) is 10.7. The number of ether oxygens (including phenoxy) is 4. The Morgan fingerprint density at radius 3 is 1.30 bits per heavy atom. The van der Waals surface area contributed by atoms with Crippen LogP contribution in [0.2, 0.25) is 0 Å². The third kappa shape index (κ3) is 12.5. The average molecular weight is 888 g/mol. The number of carbonyl (C=O) groups is 2. The van der Waals surface area contributed by atoms with Gasteiger partial charge in [-0.2, -0.15) is 17.6 Å². The van der Waals surface area contributed by atoms with Crippen LogP contribution in [-0.4, -0.2) is 38.6 Å². The zero-order valence-electron chi connectivity index (χ0n) is 33.3. The second kappa shape index (κ2) is 20.4. The Bertz CT molecular complexity index is 2720. The van der Waals surface area contributed by atoms with E-state index in [0.717, 1.165) is 22.3 Å². The summed E-state index contributed by atoms with van der Waals surface area (Å²) in [5, 5.41) is 8.93. The maximum atomic E-state index is 12.4. The van der Waals surface area contributed by atoms with E-state index in [0.29, 0.717) is 34.1 Å². The Morgan fingerprint density at radius 2 is 0.937 bits per heavy atom. The van der Waals surface area contributed by atoms with E-state index in [-0.39, 0.29) is 41.1 Å². The predicted molar refractivity (Wildman–Crippen MR) is 221 cm³/mol. The molecule has 12 nitrogen and oxygen atoms in total. The average Bonchev–Trinajstić information content (AvgIpc) is 3.84. The number of nitrogens with one attached hydrogen (secondary N) is 1. The van der Waals surface area contributed by atoms with E-state index in [9.17, 15) is 35.6 Å². The molecule has 0 atom stereocenters. The summed E-state index contributed by atoms with van der Waals surface area (Å²) in [7, 11) is -4.03. The first-order chi connectivity index (χ1) is 30.1. The number of alkyl halides is 4. The van der Waals surface area contributed by atoms with E-state index >= 15 is 0 Å². The molecule has 0 radical (unpaired) electrons. The minimum absolute atomic E-state index is 0.0360. The number of carboxylic acid groups (broad SMARTS) is 1. The lowest BCUT2D eigenvalue weighted by molar-refractivity contribution is -0.0505. The number of aryl methyl sites for hydroxylation is 2. The van der Waals surface area contributed by atoms with Crippen LogP contribution in [0.4, 0.5) is 17.6 Å². The van der Waals surface area contributed by atoms with Crippen molar-refractivity contribution in [1.82, 2.24) is 4.72 Å². The Labute approximate surface area is 358 Å². The molecule has 2 N–H and O–H groups in total. The fraction of sp³-hybridized carbons (Fsp3) is 0.130. The van der Waals surface area contributed by atoms with Crippen molar-refractivity contribution >= 4 is 21.9 Å². The number of carboxylic acids is 1. The third-order valence-electron chi connectivity index (χ3n) is 9.08. The number of sulfonamides is 1. The largest absolute Gasteiger partial charge is 0.489 e. The minimum atomic E-state index is -4.03. The second-order valence-electron chi connectivity index (χ2n) is 13.4. The van der Waals surface area contributed by atoms with E-state index < -0.39 is 35.1 Å². The van der Waals surface area contributed by atoms with Gasteiger partial charge in [0, 0.05) is 11.1 Å². The topological polar surface area (TPSA) is 164 Å². The van der Waals surface area contributed by atoms with Crippen molar-refractivity contribution in [3.05, 3.63) is 174 Å². The fourth-order valence-electron chi connectivity index (χ4n) is 5.84. The molecule has 0 aliphatic heterocycles. The number of benzene rings is 5. The highest BCUT2D eigenvalue weighted by Crippen LogP contribution is 2.28. The zero-order valence-corrected chi connectivity index (χ0v) is 34.1. The van der Waals surface area contributed by atoms with Gasteiger partial charge in [-0.15, -0.1) is 0 Å². The molecule has 0 fully saturated rings. The van der Waals surface area contributed by atoms with Crippen molar-refractivity contribution in [1.29, 1.82) is 0 Å². The monoisotopic (exact) mass is 887 g/mol. The molecule has 2 aromatic heterocycles. The van der Waals surface area contributed by atoms with Gasteiger partial charge in [0.1, 0.15) is 47.7 Å². The van der Waals surface area contributed by atoms with E-state index in [2.05, 4.69) is 9.47 Å². The van der Waals surface area contributed by atoms with Crippen LogP contribution in [0.1, 0.15) is 43.8 Å². The van der Waals surface area contributed by atoms with E-state index in [1.807, 2.05) is 29.0 Å². The SMILES string of the molecule is Cc1oc(C(=O)NS(=O)(=O)c2ccccc2)cc1COc1ccc(-c2ccc(OC(F)F)cc2)cc1.Cc1oc(C(=O)O)cc1COc1ccc(-c2ccc(OC(F)F)cc2)cc1. The van der Waals surface area contributed by atoms with Gasteiger partial charge < -0.3 is 32.9 Å². The number of aromatic carboxylic acids is 1. The number of carbonyl (C=O) groups excluding carboxylic acids is 1. The normalized spacial score (nSPS) is 11.1. The number of rotatable bonds is 16. The number of halogens is 4. The molecule has 7 rings (SSSR count). The van der Waals surface area contributed by atoms with Crippen molar-refractivity contribution in [2.75, 3.05) is 0 Å². The Morgan fingerprint density at radius 1 is 0.571 bits per heavy atom. The summed E-state index contributed by atoms with van der Waals surface area (Å²) in [5.74, 6) is -0.0411. The molecule has 7 aromatic rings. The summed E-state index contributed by atoms with van der Waals surface area (Å²) in [6, 6.07) is 37.4. The van der Waals surface area contributed by atoms with Gasteiger partial charge in [-0.3, -0.25) is 4.79 Å². The van der Waals surface area contributed by atoms with Gasteiger partial charge in [-0.1, -0.05) is 66.7 Å². The van der Waals surface area contributed by atoms with Crippen molar-refractivity contribution in [2.24, 2.45) is 0 Å². The lowest BCUT2D eigenvalue weighted by atomic mass is 10.1. The van der Waals surface area contributed by atoms with Crippen molar-refractivity contribution in [3.8, 4) is 45.3 Å². The molecule has 0 saturated carbocycles. The summed E-state index contributed by atoms with van der Waals surface area (Å²) < 4.78 is 106. The third-order valence-corrected chi connectivity index (χ3v) is 10.4. The van der Waals surface area contributed by atoms with E-state index in [1.54, 1.807) is 80.6 Å². The Hall–Kier alpha value is -7.53. The standard InChI is InChI=1S/C26H21F2NO6S.C20H16F2O5/c1-17-20(15-24(34-17)25(30)29-36(31,32)23-5-3-2-4-6-23)16-33-21-11-7-18(8-12-21)19-9-13-22(14-10-19)35-26(27)28;1-12-15(10-18(26-12)19(23)24)11-25-16-6-2-13(3-7-16)14-4-8-17(9-5-14)27-20(21)22/h2-15,26H,16H2,1H3,(H,29,30);2-10,20H,11H2,1H3,(H,23,24). The van der Waals surface area contributed by atoms with Gasteiger partial charge in [0.25, 0.3) is 10.0 Å². The molecule has 0 aliphatic carbocycles. The smallest absolute Gasteiger partial charge is 0.387 e. The molecule has 0 saturated heterocycles. The Kier molecular flexibility index (Phi) is 14.5. The van der Waals surface area contributed by atoms with Crippen LogP contribution in [0.25, 0.3) is 22.3 Å². The molecule has 2 heterocycles. The van der Waals surface area contributed by atoms with Gasteiger partial charge in [0.15, 0.2) is 5.76 Å². The summed E-state index contributed by atoms with van der Waals surface area (Å²) >= 11 is 0. The maximum absolute atomic E-state index is 12.4. The molecule has 0 aliphatic rings. The fourth-order valence-corrected chi connectivity index (χ4v) is 6.82. The first-order valence-corrected chi connectivity index (χ1v) is 20.2. The number of hydrogen-bond acceptors (Lipinski definition) is 10. The molecule has 1 amide bonds. The molecule has 0 spiro atoms. The van der Waals surface area contributed by atoms with Crippen molar-refractivity contribution in [3.63, 3.8) is 0 Å². The van der Waals surface area contributed by atoms with Crippen LogP contribution in [0.15, 0.2) is 153 Å². The molecule has 0 bridgehead atoms. The minimum Gasteiger partial charge on any atom is -0.489 e. The Balaban J connectivity index is 0.000000219. The molecule has 0 unspecified atom stereocenters. The molecule has 326 valence electrons.